The minimum atomic E-state index is -4.53. The van der Waals surface area contributed by atoms with Crippen molar-refractivity contribution >= 4 is 5.82 Å². The number of rotatable bonds is 4. The average molecular weight is 403 g/mol. The molecule has 5 atom stereocenters. The molecule has 2 aromatic rings. The van der Waals surface area contributed by atoms with Crippen LogP contribution in [0, 0.1) is 17.8 Å². The Kier molecular flexibility index (Phi) is 3.26. The molecule has 2 aromatic heterocycles. The number of hydrogen-bond donors (Lipinski definition) is 1. The lowest BCUT2D eigenvalue weighted by atomic mass is 9.99. The summed E-state index contributed by atoms with van der Waals surface area (Å²) in [6.07, 6.45) is -0.578. The highest BCUT2D eigenvalue weighted by atomic mass is 19.4. The molecule has 1 aliphatic heterocycles. The first-order chi connectivity index (χ1) is 13.7. The number of anilines is 1. The molecular formula is C21H24F3N5. The second-order valence-electron chi connectivity index (χ2n) is 9.39. The van der Waals surface area contributed by atoms with Crippen molar-refractivity contribution in [2.75, 3.05) is 18.8 Å². The SMILES string of the molecule is CC(C)n1nc(-c2cnc(N)c(C(F)(F)F)c2)cc1[C@]12C3C(N4CCC4)C[C@@H]1[C@H]32. The first kappa shape index (κ1) is 17.7. The van der Waals surface area contributed by atoms with Crippen LogP contribution >= 0.6 is 0 Å². The Hall–Kier alpha value is -2.09. The Morgan fingerprint density at radius 3 is 2.55 bits per heavy atom. The van der Waals surface area contributed by atoms with Gasteiger partial charge in [0.1, 0.15) is 5.82 Å². The van der Waals surface area contributed by atoms with Gasteiger partial charge in [0.15, 0.2) is 0 Å². The Morgan fingerprint density at radius 2 is 1.97 bits per heavy atom. The molecule has 5 aliphatic rings. The number of likely N-dealkylation sites (tertiary alicyclic amines) is 1. The summed E-state index contributed by atoms with van der Waals surface area (Å²) in [5, 5.41) is 4.72. The fourth-order valence-electron chi connectivity index (χ4n) is 6.34. The summed E-state index contributed by atoms with van der Waals surface area (Å²) in [5.74, 6) is 1.66. The largest absolute Gasteiger partial charge is 0.419 e. The van der Waals surface area contributed by atoms with E-state index < -0.39 is 17.6 Å². The van der Waals surface area contributed by atoms with Crippen LogP contribution in [0.5, 0.6) is 0 Å². The van der Waals surface area contributed by atoms with Crippen LogP contribution in [0.25, 0.3) is 11.3 Å². The number of halogens is 3. The molecule has 2 bridgehead atoms. The van der Waals surface area contributed by atoms with Gasteiger partial charge in [-0.05, 0) is 69.7 Å². The predicted molar refractivity (Wildman–Crippen MR) is 102 cm³/mol. The average Bonchev–Trinajstić information content (AvgIpc) is 3.17. The van der Waals surface area contributed by atoms with Gasteiger partial charge in [0.25, 0.3) is 0 Å². The van der Waals surface area contributed by atoms with Gasteiger partial charge in [0, 0.05) is 35.0 Å². The zero-order valence-electron chi connectivity index (χ0n) is 16.4. The van der Waals surface area contributed by atoms with Crippen molar-refractivity contribution in [1.29, 1.82) is 0 Å². The molecule has 4 aliphatic carbocycles. The van der Waals surface area contributed by atoms with Crippen molar-refractivity contribution in [3.8, 4) is 11.3 Å². The van der Waals surface area contributed by atoms with Gasteiger partial charge in [-0.1, -0.05) is 0 Å². The standard InChI is InChI=1S/C21H24F3N5/c1-10(2)29-16(20-12-7-15(18(20)17(12)20)28-4-3-5-28)8-14(27-29)11-6-13(21(22,23)24)19(25)26-9-11/h6,8-10,12,15,17-18H,3-5,7H2,1-2H3,(H2,25,26)/t12-,15?,17-,18?,20-/m1/s1. The van der Waals surface area contributed by atoms with Crippen LogP contribution in [0.2, 0.25) is 0 Å². The Bertz CT molecular complexity index is 1000. The molecule has 7 rings (SSSR count). The number of aromatic nitrogens is 3. The van der Waals surface area contributed by atoms with Crippen molar-refractivity contribution in [3.63, 3.8) is 0 Å². The molecule has 1 saturated heterocycles. The number of nitrogens with zero attached hydrogens (tertiary/aromatic N) is 4. The molecule has 0 amide bonds. The lowest BCUT2D eigenvalue weighted by molar-refractivity contribution is -0.137. The van der Waals surface area contributed by atoms with Crippen LogP contribution in [0.4, 0.5) is 19.0 Å². The van der Waals surface area contributed by atoms with Crippen LogP contribution in [-0.2, 0) is 11.6 Å². The van der Waals surface area contributed by atoms with Crippen LogP contribution in [0.15, 0.2) is 18.3 Å². The summed E-state index contributed by atoms with van der Waals surface area (Å²) in [5.41, 5.74) is 6.91. The molecule has 0 radical (unpaired) electrons. The number of alkyl halides is 3. The molecule has 3 heterocycles. The fraction of sp³-hybridized carbons (Fsp3) is 0.619. The van der Waals surface area contributed by atoms with E-state index in [2.05, 4.69) is 23.7 Å². The van der Waals surface area contributed by atoms with Gasteiger partial charge in [-0.15, -0.1) is 0 Å². The van der Waals surface area contributed by atoms with E-state index in [0.717, 1.165) is 17.9 Å². The second-order valence-corrected chi connectivity index (χ2v) is 9.39. The maximum absolute atomic E-state index is 13.3. The zero-order valence-corrected chi connectivity index (χ0v) is 16.4. The Balaban J connectivity index is 1.38. The summed E-state index contributed by atoms with van der Waals surface area (Å²) in [7, 11) is 0. The molecule has 2 unspecified atom stereocenters. The van der Waals surface area contributed by atoms with E-state index in [1.807, 2.05) is 10.7 Å². The van der Waals surface area contributed by atoms with E-state index in [0.29, 0.717) is 23.2 Å². The highest BCUT2D eigenvalue weighted by molar-refractivity contribution is 5.65. The molecule has 29 heavy (non-hydrogen) atoms. The summed E-state index contributed by atoms with van der Waals surface area (Å²) in [6, 6.07) is 3.93. The topological polar surface area (TPSA) is 60.0 Å². The van der Waals surface area contributed by atoms with Gasteiger partial charge in [-0.2, -0.15) is 18.3 Å². The lowest BCUT2D eigenvalue weighted by Gasteiger charge is -2.36. The summed E-state index contributed by atoms with van der Waals surface area (Å²) in [4.78, 5) is 6.41. The highest BCUT2D eigenvalue weighted by Gasteiger charge is 2.93. The molecule has 0 spiro atoms. The third kappa shape index (κ3) is 2.15. The number of hydrogen-bond acceptors (Lipinski definition) is 4. The molecular weight excluding hydrogens is 379 g/mol. The van der Waals surface area contributed by atoms with Crippen molar-refractivity contribution < 1.29 is 13.2 Å². The fourth-order valence-corrected chi connectivity index (χ4v) is 6.34. The van der Waals surface area contributed by atoms with E-state index in [9.17, 15) is 13.2 Å². The van der Waals surface area contributed by atoms with Gasteiger partial charge in [0.05, 0.1) is 11.3 Å². The maximum Gasteiger partial charge on any atom is 0.419 e. The quantitative estimate of drug-likeness (QED) is 0.845. The Labute approximate surface area is 167 Å². The summed E-state index contributed by atoms with van der Waals surface area (Å²) >= 11 is 0. The van der Waals surface area contributed by atoms with E-state index in [4.69, 9.17) is 10.8 Å². The number of fused-ring (bicyclic) bond motifs is 1. The van der Waals surface area contributed by atoms with E-state index in [1.165, 1.54) is 37.8 Å². The normalized spacial score (nSPS) is 35.0. The van der Waals surface area contributed by atoms with E-state index >= 15 is 0 Å². The molecule has 154 valence electrons. The van der Waals surface area contributed by atoms with E-state index in [1.54, 1.807) is 0 Å². The monoisotopic (exact) mass is 403 g/mol. The van der Waals surface area contributed by atoms with Gasteiger partial charge in [-0.3, -0.25) is 9.58 Å². The Morgan fingerprint density at radius 1 is 1.21 bits per heavy atom. The smallest absolute Gasteiger partial charge is 0.383 e. The van der Waals surface area contributed by atoms with Crippen LogP contribution in [0.3, 0.4) is 0 Å². The number of pyridine rings is 1. The van der Waals surface area contributed by atoms with Gasteiger partial charge in [-0.25, -0.2) is 4.98 Å². The summed E-state index contributed by atoms with van der Waals surface area (Å²) < 4.78 is 41.9. The van der Waals surface area contributed by atoms with Crippen LogP contribution in [-0.4, -0.2) is 38.8 Å². The summed E-state index contributed by atoms with van der Waals surface area (Å²) in [6.45, 7) is 6.58. The van der Waals surface area contributed by atoms with Crippen molar-refractivity contribution in [3.05, 3.63) is 29.6 Å². The van der Waals surface area contributed by atoms with Crippen LogP contribution < -0.4 is 5.73 Å². The molecule has 5 fully saturated rings. The predicted octanol–water partition coefficient (Wildman–Crippen LogP) is 3.72. The number of nitrogen functional groups attached to an aromatic ring is 1. The minimum Gasteiger partial charge on any atom is -0.383 e. The molecule has 4 saturated carbocycles. The maximum atomic E-state index is 13.3. The molecule has 8 heteroatoms. The minimum absolute atomic E-state index is 0.153. The first-order valence-corrected chi connectivity index (χ1v) is 10.4. The molecule has 2 N–H and O–H groups in total. The number of nitrogens with two attached hydrogens (primary N) is 1. The van der Waals surface area contributed by atoms with Crippen LogP contribution in [0.1, 0.15) is 44.0 Å². The van der Waals surface area contributed by atoms with Crippen molar-refractivity contribution in [2.45, 2.75) is 50.4 Å². The van der Waals surface area contributed by atoms with Crippen molar-refractivity contribution in [1.82, 2.24) is 19.7 Å². The third-order valence-electron chi connectivity index (χ3n) is 7.78. The molecule has 0 aromatic carbocycles. The lowest BCUT2D eigenvalue weighted by Crippen LogP contribution is -2.45. The highest BCUT2D eigenvalue weighted by Crippen LogP contribution is 2.91. The second kappa shape index (κ2) is 5.33. The van der Waals surface area contributed by atoms with Crippen molar-refractivity contribution in [2.24, 2.45) is 17.8 Å². The first-order valence-electron chi connectivity index (χ1n) is 10.4. The third-order valence-corrected chi connectivity index (χ3v) is 7.78. The van der Waals surface area contributed by atoms with Gasteiger partial charge in [0.2, 0.25) is 0 Å². The van der Waals surface area contributed by atoms with Gasteiger partial charge >= 0.3 is 6.18 Å². The molecule has 5 nitrogen and oxygen atoms in total. The zero-order chi connectivity index (χ0) is 20.3. The van der Waals surface area contributed by atoms with E-state index in [-0.39, 0.29) is 11.5 Å². The van der Waals surface area contributed by atoms with Gasteiger partial charge < -0.3 is 5.73 Å².